The summed E-state index contributed by atoms with van der Waals surface area (Å²) in [5, 5.41) is 0. The van der Waals surface area contributed by atoms with E-state index in [1.165, 1.54) is 0 Å². The van der Waals surface area contributed by atoms with E-state index in [4.69, 9.17) is 4.74 Å². The highest BCUT2D eigenvalue weighted by Gasteiger charge is 2.18. The van der Waals surface area contributed by atoms with Gasteiger partial charge in [-0.15, -0.1) is 0 Å². The molecule has 0 atom stereocenters. The molecule has 0 aliphatic heterocycles. The molecule has 2 aromatic rings. The zero-order valence-electron chi connectivity index (χ0n) is 15.4. The summed E-state index contributed by atoms with van der Waals surface area (Å²) in [6.45, 7) is 2.44. The maximum absolute atomic E-state index is 12.3. The average molecular weight is 375 g/mol. The van der Waals surface area contributed by atoms with E-state index in [0.29, 0.717) is 13.0 Å². The molecule has 0 heterocycles. The van der Waals surface area contributed by atoms with Crippen LogP contribution in [0.1, 0.15) is 17.5 Å². The largest absolute Gasteiger partial charge is 0.497 e. The summed E-state index contributed by atoms with van der Waals surface area (Å²) in [6.07, 6.45) is 0.687. The van der Waals surface area contributed by atoms with Crippen molar-refractivity contribution >= 4 is 15.7 Å². The summed E-state index contributed by atoms with van der Waals surface area (Å²) in [5.41, 5.74) is 2.09. The number of methoxy groups -OCH3 is 1. The van der Waals surface area contributed by atoms with Crippen LogP contribution in [0.25, 0.3) is 0 Å². The lowest BCUT2D eigenvalue weighted by molar-refractivity contribution is -0.129. The molecule has 0 saturated carbocycles. The van der Waals surface area contributed by atoms with Crippen LogP contribution in [0.3, 0.4) is 0 Å². The van der Waals surface area contributed by atoms with Crippen LogP contribution in [-0.2, 0) is 21.1 Å². The van der Waals surface area contributed by atoms with Gasteiger partial charge in [0.2, 0.25) is 5.91 Å². The molecule has 0 N–H and O–H groups in total. The third-order valence-corrected chi connectivity index (χ3v) is 6.02. The third-order valence-electron chi connectivity index (χ3n) is 4.29. The molecule has 0 unspecified atom stereocenters. The van der Waals surface area contributed by atoms with E-state index in [2.05, 4.69) is 0 Å². The fraction of sp³-hybridized carbons (Fsp3) is 0.350. The lowest BCUT2D eigenvalue weighted by Crippen LogP contribution is -2.30. The number of nitrogens with zero attached hydrogens (tertiary/aromatic N) is 1. The number of carbonyl (C=O) groups is 1. The fourth-order valence-corrected chi connectivity index (χ4v) is 3.72. The van der Waals surface area contributed by atoms with Gasteiger partial charge in [0, 0.05) is 20.0 Å². The van der Waals surface area contributed by atoms with Crippen LogP contribution in [0.4, 0.5) is 0 Å². The van der Waals surface area contributed by atoms with Crippen LogP contribution < -0.4 is 4.74 Å². The summed E-state index contributed by atoms with van der Waals surface area (Å²) in [5.74, 6) is 0.440. The van der Waals surface area contributed by atoms with Gasteiger partial charge in [-0.1, -0.05) is 29.8 Å². The van der Waals surface area contributed by atoms with Gasteiger partial charge < -0.3 is 9.64 Å². The van der Waals surface area contributed by atoms with E-state index < -0.39 is 9.84 Å². The smallest absolute Gasteiger partial charge is 0.223 e. The monoisotopic (exact) mass is 375 g/mol. The van der Waals surface area contributed by atoms with Gasteiger partial charge in [0.15, 0.2) is 9.84 Å². The van der Waals surface area contributed by atoms with Crippen molar-refractivity contribution < 1.29 is 17.9 Å². The summed E-state index contributed by atoms with van der Waals surface area (Å²) in [4.78, 5) is 14.1. The lowest BCUT2D eigenvalue weighted by Gasteiger charge is -2.17. The van der Waals surface area contributed by atoms with E-state index in [9.17, 15) is 13.2 Å². The van der Waals surface area contributed by atoms with E-state index in [0.717, 1.165) is 16.9 Å². The molecule has 26 heavy (non-hydrogen) atoms. The maximum atomic E-state index is 12.3. The third kappa shape index (κ3) is 5.59. The first-order valence-electron chi connectivity index (χ1n) is 8.48. The number of carbonyl (C=O) groups excluding carboxylic acids is 1. The average Bonchev–Trinajstić information content (AvgIpc) is 2.65. The Bertz CT molecular complexity index is 827. The Balaban J connectivity index is 1.85. The van der Waals surface area contributed by atoms with Crippen molar-refractivity contribution in [3.8, 4) is 5.75 Å². The summed E-state index contributed by atoms with van der Waals surface area (Å²) < 4.78 is 29.8. The second kappa shape index (κ2) is 8.85. The minimum absolute atomic E-state index is 0.0185. The lowest BCUT2D eigenvalue weighted by atomic mass is 10.1. The molecule has 0 bridgehead atoms. The molecule has 0 aliphatic rings. The molecule has 5 nitrogen and oxygen atoms in total. The first kappa shape index (κ1) is 20.0. The predicted octanol–water partition coefficient (Wildman–Crippen LogP) is 2.87. The second-order valence-electron chi connectivity index (χ2n) is 6.30. The van der Waals surface area contributed by atoms with Crippen LogP contribution in [0.15, 0.2) is 53.4 Å². The molecule has 0 aliphatic carbocycles. The number of benzene rings is 2. The molecule has 140 valence electrons. The Morgan fingerprint density at radius 3 is 2.23 bits per heavy atom. The van der Waals surface area contributed by atoms with Crippen molar-refractivity contribution in [1.29, 1.82) is 0 Å². The van der Waals surface area contributed by atoms with Crippen molar-refractivity contribution in [1.82, 2.24) is 4.90 Å². The van der Waals surface area contributed by atoms with Crippen molar-refractivity contribution in [2.75, 3.05) is 26.5 Å². The Labute approximate surface area is 155 Å². The highest BCUT2D eigenvalue weighted by Crippen LogP contribution is 2.14. The molecular weight excluding hydrogens is 350 g/mol. The van der Waals surface area contributed by atoms with E-state index in [1.807, 2.05) is 31.2 Å². The quantitative estimate of drug-likeness (QED) is 0.712. The molecule has 0 saturated heterocycles. The number of hydrogen-bond acceptors (Lipinski definition) is 4. The highest BCUT2D eigenvalue weighted by molar-refractivity contribution is 7.91. The number of aryl methyl sites for hydroxylation is 1. The molecule has 2 aromatic carbocycles. The van der Waals surface area contributed by atoms with Crippen molar-refractivity contribution in [2.45, 2.75) is 24.7 Å². The molecule has 0 radical (unpaired) electrons. The van der Waals surface area contributed by atoms with Crippen LogP contribution in [0.2, 0.25) is 0 Å². The number of rotatable bonds is 8. The maximum Gasteiger partial charge on any atom is 0.223 e. The normalized spacial score (nSPS) is 11.2. The van der Waals surface area contributed by atoms with Crippen molar-refractivity contribution in [3.05, 3.63) is 59.7 Å². The molecule has 0 aromatic heterocycles. The van der Waals surface area contributed by atoms with E-state index in [-0.39, 0.29) is 23.0 Å². The van der Waals surface area contributed by atoms with Gasteiger partial charge in [-0.25, -0.2) is 8.42 Å². The van der Waals surface area contributed by atoms with Gasteiger partial charge in [0.25, 0.3) is 0 Å². The number of ether oxygens (including phenoxy) is 1. The summed E-state index contributed by atoms with van der Waals surface area (Å²) in [6, 6.07) is 14.4. The molecule has 0 spiro atoms. The minimum Gasteiger partial charge on any atom is -0.497 e. The van der Waals surface area contributed by atoms with Gasteiger partial charge in [-0.05, 0) is 43.2 Å². The zero-order chi connectivity index (χ0) is 19.2. The summed E-state index contributed by atoms with van der Waals surface area (Å²) >= 11 is 0. The van der Waals surface area contributed by atoms with Gasteiger partial charge in [0.1, 0.15) is 5.75 Å². The standard InChI is InChI=1S/C20H25NO4S/c1-16-4-10-19(11-5-16)26(23,24)15-13-20(22)21(2)14-12-17-6-8-18(25-3)9-7-17/h4-11H,12-15H2,1-3H3. The first-order chi connectivity index (χ1) is 12.3. The number of hydrogen-bond donors (Lipinski definition) is 0. The topological polar surface area (TPSA) is 63.7 Å². The van der Waals surface area contributed by atoms with Crippen molar-refractivity contribution in [2.24, 2.45) is 0 Å². The van der Waals surface area contributed by atoms with Gasteiger partial charge in [-0.2, -0.15) is 0 Å². The van der Waals surface area contributed by atoms with E-state index >= 15 is 0 Å². The Hall–Kier alpha value is -2.34. The Kier molecular flexibility index (Phi) is 6.80. The van der Waals surface area contributed by atoms with Crippen LogP contribution in [-0.4, -0.2) is 45.7 Å². The Morgan fingerprint density at radius 2 is 1.65 bits per heavy atom. The van der Waals surface area contributed by atoms with Gasteiger partial charge in [-0.3, -0.25) is 4.79 Å². The Morgan fingerprint density at radius 1 is 1.04 bits per heavy atom. The summed E-state index contributed by atoms with van der Waals surface area (Å²) in [7, 11) is -0.126. The molecule has 6 heteroatoms. The molecular formula is C20H25NO4S. The van der Waals surface area contributed by atoms with Gasteiger partial charge >= 0.3 is 0 Å². The van der Waals surface area contributed by atoms with E-state index in [1.54, 1.807) is 43.3 Å². The molecule has 1 amide bonds. The predicted molar refractivity (Wildman–Crippen MR) is 102 cm³/mol. The van der Waals surface area contributed by atoms with Crippen LogP contribution >= 0.6 is 0 Å². The number of amides is 1. The zero-order valence-corrected chi connectivity index (χ0v) is 16.3. The molecule has 2 rings (SSSR count). The first-order valence-corrected chi connectivity index (χ1v) is 10.1. The number of likely N-dealkylation sites (N-methyl/N-ethyl adjacent to an activating group) is 1. The fourth-order valence-electron chi connectivity index (χ4n) is 2.49. The highest BCUT2D eigenvalue weighted by atomic mass is 32.2. The number of sulfone groups is 1. The minimum atomic E-state index is -3.44. The molecule has 0 fully saturated rings. The van der Waals surface area contributed by atoms with Gasteiger partial charge in [0.05, 0.1) is 17.8 Å². The van der Waals surface area contributed by atoms with Crippen LogP contribution in [0.5, 0.6) is 5.75 Å². The second-order valence-corrected chi connectivity index (χ2v) is 8.40. The van der Waals surface area contributed by atoms with Crippen molar-refractivity contribution in [3.63, 3.8) is 0 Å². The van der Waals surface area contributed by atoms with Crippen LogP contribution in [0, 0.1) is 6.92 Å². The SMILES string of the molecule is COc1ccc(CCN(C)C(=O)CCS(=O)(=O)c2ccc(C)cc2)cc1.